The van der Waals surface area contributed by atoms with Gasteiger partial charge in [0.15, 0.2) is 0 Å². The van der Waals surface area contributed by atoms with Crippen LogP contribution in [0.15, 0.2) is 4.42 Å². The lowest BCUT2D eigenvalue weighted by atomic mass is 10.0. The maximum atomic E-state index is 5.86. The molecule has 19 heavy (non-hydrogen) atoms. The molecule has 1 aliphatic heterocycles. The van der Waals surface area contributed by atoms with E-state index in [4.69, 9.17) is 4.42 Å². The Labute approximate surface area is 115 Å². The second kappa shape index (κ2) is 6.89. The van der Waals surface area contributed by atoms with Crippen LogP contribution in [0.2, 0.25) is 0 Å². The zero-order valence-electron chi connectivity index (χ0n) is 12.4. The molecule has 2 unspecified atom stereocenters. The second-order valence-corrected chi connectivity index (χ2v) is 5.35. The molecule has 0 amide bonds. The number of rotatable bonds is 6. The standard InChI is InChI=1S/C14H26N4O/c1-4-9-15-11(3)13-16-17-14(19-13)18-10-7-6-8-12(18)5-2/h11-12,15H,4-10H2,1-3H3. The van der Waals surface area contributed by atoms with Crippen LogP contribution in [0, 0.1) is 0 Å². The van der Waals surface area contributed by atoms with Gasteiger partial charge in [-0.25, -0.2) is 0 Å². The number of nitrogens with one attached hydrogen (secondary N) is 1. The van der Waals surface area contributed by atoms with E-state index in [-0.39, 0.29) is 6.04 Å². The second-order valence-electron chi connectivity index (χ2n) is 5.35. The fourth-order valence-corrected chi connectivity index (χ4v) is 2.64. The van der Waals surface area contributed by atoms with E-state index in [9.17, 15) is 0 Å². The summed E-state index contributed by atoms with van der Waals surface area (Å²) in [5.41, 5.74) is 0. The maximum absolute atomic E-state index is 5.86. The highest BCUT2D eigenvalue weighted by Gasteiger charge is 2.26. The predicted molar refractivity (Wildman–Crippen MR) is 76.3 cm³/mol. The normalized spacial score (nSPS) is 21.6. The van der Waals surface area contributed by atoms with Crippen LogP contribution in [-0.2, 0) is 0 Å². The van der Waals surface area contributed by atoms with E-state index in [1.165, 1.54) is 19.3 Å². The third kappa shape index (κ3) is 3.47. The summed E-state index contributed by atoms with van der Waals surface area (Å²) in [6.07, 6.45) is 6.01. The fourth-order valence-electron chi connectivity index (χ4n) is 2.64. The molecule has 1 N–H and O–H groups in total. The Bertz CT molecular complexity index is 379. The molecule has 0 saturated carbocycles. The van der Waals surface area contributed by atoms with Gasteiger partial charge in [-0.15, -0.1) is 5.10 Å². The number of hydrogen-bond acceptors (Lipinski definition) is 5. The molecule has 0 aliphatic carbocycles. The first-order valence-electron chi connectivity index (χ1n) is 7.59. The minimum absolute atomic E-state index is 0.131. The van der Waals surface area contributed by atoms with E-state index in [0.29, 0.717) is 17.9 Å². The first-order chi connectivity index (χ1) is 9.26. The largest absolute Gasteiger partial charge is 0.406 e. The van der Waals surface area contributed by atoms with E-state index in [2.05, 4.69) is 41.2 Å². The molecule has 0 aromatic carbocycles. The van der Waals surface area contributed by atoms with Crippen LogP contribution in [0.5, 0.6) is 0 Å². The molecule has 2 heterocycles. The molecule has 108 valence electrons. The van der Waals surface area contributed by atoms with Gasteiger partial charge in [-0.1, -0.05) is 18.9 Å². The summed E-state index contributed by atoms with van der Waals surface area (Å²) < 4.78 is 5.86. The molecule has 1 aliphatic rings. The van der Waals surface area contributed by atoms with Crippen molar-refractivity contribution in [3.05, 3.63) is 5.89 Å². The summed E-state index contributed by atoms with van der Waals surface area (Å²) in [4.78, 5) is 2.28. The lowest BCUT2D eigenvalue weighted by molar-refractivity contribution is 0.379. The monoisotopic (exact) mass is 266 g/mol. The van der Waals surface area contributed by atoms with Gasteiger partial charge in [0.25, 0.3) is 0 Å². The highest BCUT2D eigenvalue weighted by molar-refractivity contribution is 5.27. The van der Waals surface area contributed by atoms with Crippen molar-refractivity contribution < 1.29 is 4.42 Å². The zero-order chi connectivity index (χ0) is 13.7. The van der Waals surface area contributed by atoms with Crippen molar-refractivity contribution in [2.24, 2.45) is 0 Å². The van der Waals surface area contributed by atoms with E-state index < -0.39 is 0 Å². The number of aromatic nitrogens is 2. The molecule has 5 heteroatoms. The first kappa shape index (κ1) is 14.3. The molecule has 2 atom stereocenters. The van der Waals surface area contributed by atoms with Gasteiger partial charge < -0.3 is 14.6 Å². The minimum atomic E-state index is 0.131. The topological polar surface area (TPSA) is 54.2 Å². The fraction of sp³-hybridized carbons (Fsp3) is 0.857. The third-order valence-electron chi connectivity index (χ3n) is 3.84. The van der Waals surface area contributed by atoms with Gasteiger partial charge >= 0.3 is 6.01 Å². The Balaban J connectivity index is 2.02. The van der Waals surface area contributed by atoms with Crippen LogP contribution in [0.1, 0.15) is 64.8 Å². The van der Waals surface area contributed by atoms with Crippen molar-refractivity contribution in [1.82, 2.24) is 15.5 Å². The van der Waals surface area contributed by atoms with Gasteiger partial charge in [0.05, 0.1) is 6.04 Å². The van der Waals surface area contributed by atoms with Crippen molar-refractivity contribution in [1.29, 1.82) is 0 Å². The Kier molecular flexibility index (Phi) is 5.19. The van der Waals surface area contributed by atoms with Crippen LogP contribution in [0.3, 0.4) is 0 Å². The third-order valence-corrected chi connectivity index (χ3v) is 3.84. The molecule has 0 spiro atoms. The predicted octanol–water partition coefficient (Wildman–Crippen LogP) is 2.90. The van der Waals surface area contributed by atoms with Gasteiger partial charge in [0.2, 0.25) is 5.89 Å². The van der Waals surface area contributed by atoms with Gasteiger partial charge in [0.1, 0.15) is 0 Å². The van der Waals surface area contributed by atoms with Crippen LogP contribution in [0.25, 0.3) is 0 Å². The van der Waals surface area contributed by atoms with Gasteiger partial charge in [0, 0.05) is 12.6 Å². The van der Waals surface area contributed by atoms with Gasteiger partial charge in [-0.3, -0.25) is 0 Å². The SMILES string of the molecule is CCCNC(C)c1nnc(N2CCCCC2CC)o1. The van der Waals surface area contributed by atoms with Crippen LogP contribution in [-0.4, -0.2) is 29.3 Å². The zero-order valence-corrected chi connectivity index (χ0v) is 12.4. The molecule has 2 rings (SSSR count). The lowest BCUT2D eigenvalue weighted by Crippen LogP contribution is -2.39. The molecule has 1 saturated heterocycles. The van der Waals surface area contributed by atoms with Crippen molar-refractivity contribution in [2.45, 2.75) is 65.0 Å². The van der Waals surface area contributed by atoms with Crippen LogP contribution >= 0.6 is 0 Å². The van der Waals surface area contributed by atoms with Gasteiger partial charge in [-0.2, -0.15) is 0 Å². The summed E-state index contributed by atoms with van der Waals surface area (Å²) in [6.45, 7) is 8.46. The smallest absolute Gasteiger partial charge is 0.318 e. The number of nitrogens with zero attached hydrogens (tertiary/aromatic N) is 3. The molecule has 1 fully saturated rings. The summed E-state index contributed by atoms with van der Waals surface area (Å²) in [7, 11) is 0. The van der Waals surface area contributed by atoms with E-state index in [0.717, 1.165) is 25.9 Å². The minimum Gasteiger partial charge on any atom is -0.406 e. The quantitative estimate of drug-likeness (QED) is 0.858. The lowest BCUT2D eigenvalue weighted by Gasteiger charge is -2.33. The van der Waals surface area contributed by atoms with Crippen molar-refractivity contribution >= 4 is 6.01 Å². The van der Waals surface area contributed by atoms with Crippen molar-refractivity contribution in [3.63, 3.8) is 0 Å². The average Bonchev–Trinajstić information content (AvgIpc) is 2.94. The van der Waals surface area contributed by atoms with Gasteiger partial charge in [-0.05, 0) is 45.6 Å². The van der Waals surface area contributed by atoms with E-state index in [1.807, 2.05) is 0 Å². The highest BCUT2D eigenvalue weighted by atomic mass is 16.4. The Hall–Kier alpha value is -1.10. The van der Waals surface area contributed by atoms with E-state index in [1.54, 1.807) is 0 Å². The highest BCUT2D eigenvalue weighted by Crippen LogP contribution is 2.26. The summed E-state index contributed by atoms with van der Waals surface area (Å²) in [6, 6.07) is 1.39. The molecule has 1 aromatic rings. The maximum Gasteiger partial charge on any atom is 0.318 e. The number of anilines is 1. The molecule has 0 bridgehead atoms. The summed E-state index contributed by atoms with van der Waals surface area (Å²) >= 11 is 0. The Morgan fingerprint density at radius 2 is 2.21 bits per heavy atom. The molecule has 1 aromatic heterocycles. The summed E-state index contributed by atoms with van der Waals surface area (Å²) in [5.74, 6) is 0.698. The number of piperidine rings is 1. The molecular weight excluding hydrogens is 240 g/mol. The van der Waals surface area contributed by atoms with Crippen molar-refractivity contribution in [3.8, 4) is 0 Å². The summed E-state index contributed by atoms with van der Waals surface area (Å²) in [5, 5.41) is 11.8. The van der Waals surface area contributed by atoms with Crippen molar-refractivity contribution in [2.75, 3.05) is 18.0 Å². The Morgan fingerprint density at radius 3 is 2.95 bits per heavy atom. The Morgan fingerprint density at radius 1 is 1.37 bits per heavy atom. The first-order valence-corrected chi connectivity index (χ1v) is 7.59. The molecule has 5 nitrogen and oxygen atoms in total. The van der Waals surface area contributed by atoms with Crippen LogP contribution < -0.4 is 10.2 Å². The average molecular weight is 266 g/mol. The van der Waals surface area contributed by atoms with E-state index >= 15 is 0 Å². The molecular formula is C14H26N4O. The van der Waals surface area contributed by atoms with Crippen LogP contribution in [0.4, 0.5) is 6.01 Å². The number of hydrogen-bond donors (Lipinski definition) is 1. The molecule has 0 radical (unpaired) electrons.